The summed E-state index contributed by atoms with van der Waals surface area (Å²) in [5.74, 6) is -0.383. The molecule has 2 heterocycles. The summed E-state index contributed by atoms with van der Waals surface area (Å²) < 4.78 is 1.43. The number of carbonyl (C=O) groups is 2. The Bertz CT molecular complexity index is 848. The molecular formula is C13H7N3O2. The van der Waals surface area contributed by atoms with Gasteiger partial charge in [-0.05, 0) is 12.1 Å². The molecule has 2 aromatic heterocycles. The Morgan fingerprint density at radius 2 is 1.89 bits per heavy atom. The third-order valence-corrected chi connectivity index (χ3v) is 3.21. The van der Waals surface area contributed by atoms with E-state index >= 15 is 0 Å². The van der Waals surface area contributed by atoms with Gasteiger partial charge in [-0.15, -0.1) is 14.8 Å². The van der Waals surface area contributed by atoms with E-state index < -0.39 is 0 Å². The highest BCUT2D eigenvalue weighted by atomic mass is 16.2. The van der Waals surface area contributed by atoms with Crippen LogP contribution in [0.1, 0.15) is 27.3 Å². The Kier molecular flexibility index (Phi) is 1.58. The normalized spacial score (nSPS) is 14.7. The molecule has 0 bridgehead atoms. The van der Waals surface area contributed by atoms with Crippen LogP contribution < -0.4 is 0 Å². The fraction of sp³-hybridized carbons (Fsp3) is 0.0769. The zero-order valence-corrected chi connectivity index (χ0v) is 9.25. The Labute approximate surface area is 101 Å². The SMILES string of the molecule is O=C1CC(=O)c2nn3nc4ccccc4c3cc21. The van der Waals surface area contributed by atoms with Crippen LogP contribution in [-0.4, -0.2) is 26.4 Å². The van der Waals surface area contributed by atoms with Gasteiger partial charge in [0.2, 0.25) is 0 Å². The summed E-state index contributed by atoms with van der Waals surface area (Å²) in [5, 5.41) is 9.38. The first-order valence-corrected chi connectivity index (χ1v) is 5.59. The fourth-order valence-electron chi connectivity index (χ4n) is 2.35. The number of aromatic nitrogens is 3. The monoisotopic (exact) mass is 237 g/mol. The van der Waals surface area contributed by atoms with Gasteiger partial charge < -0.3 is 0 Å². The average Bonchev–Trinajstić information content (AvgIpc) is 2.86. The van der Waals surface area contributed by atoms with Crippen LogP contribution in [0.25, 0.3) is 16.4 Å². The van der Waals surface area contributed by atoms with E-state index in [1.54, 1.807) is 6.07 Å². The van der Waals surface area contributed by atoms with Gasteiger partial charge >= 0.3 is 0 Å². The largest absolute Gasteiger partial charge is 0.294 e. The van der Waals surface area contributed by atoms with Gasteiger partial charge in [-0.3, -0.25) is 9.59 Å². The molecule has 0 spiro atoms. The van der Waals surface area contributed by atoms with Crippen molar-refractivity contribution in [2.24, 2.45) is 0 Å². The lowest BCUT2D eigenvalue weighted by Crippen LogP contribution is -2.03. The molecule has 86 valence electrons. The molecule has 5 nitrogen and oxygen atoms in total. The van der Waals surface area contributed by atoms with Crippen molar-refractivity contribution >= 4 is 28.0 Å². The molecule has 0 saturated heterocycles. The second kappa shape index (κ2) is 3.01. The van der Waals surface area contributed by atoms with Gasteiger partial charge in [0.15, 0.2) is 11.6 Å². The highest BCUT2D eigenvalue weighted by Crippen LogP contribution is 2.25. The maximum absolute atomic E-state index is 11.7. The van der Waals surface area contributed by atoms with E-state index in [-0.39, 0.29) is 23.7 Å². The Hall–Kier alpha value is -2.56. The van der Waals surface area contributed by atoms with Crippen molar-refractivity contribution in [1.82, 2.24) is 14.8 Å². The van der Waals surface area contributed by atoms with Gasteiger partial charge in [0.05, 0.1) is 23.0 Å². The minimum atomic E-state index is -0.226. The fourth-order valence-corrected chi connectivity index (χ4v) is 2.35. The molecular weight excluding hydrogens is 230 g/mol. The summed E-state index contributed by atoms with van der Waals surface area (Å²) in [6.07, 6.45) is -0.0760. The molecule has 0 saturated carbocycles. The van der Waals surface area contributed by atoms with Crippen LogP contribution in [0.5, 0.6) is 0 Å². The lowest BCUT2D eigenvalue weighted by atomic mass is 10.1. The van der Waals surface area contributed by atoms with E-state index in [0.29, 0.717) is 5.56 Å². The van der Waals surface area contributed by atoms with Crippen LogP contribution in [-0.2, 0) is 0 Å². The van der Waals surface area contributed by atoms with Gasteiger partial charge in [-0.25, -0.2) is 0 Å². The van der Waals surface area contributed by atoms with Gasteiger partial charge in [0.1, 0.15) is 5.69 Å². The number of nitrogens with zero attached hydrogens (tertiary/aromatic N) is 3. The number of fused-ring (bicyclic) bond motifs is 4. The molecule has 18 heavy (non-hydrogen) atoms. The summed E-state index contributed by atoms with van der Waals surface area (Å²) >= 11 is 0. The van der Waals surface area contributed by atoms with E-state index in [2.05, 4.69) is 10.2 Å². The molecule has 1 aliphatic rings. The molecule has 1 aliphatic carbocycles. The molecule has 1 aromatic carbocycles. The molecule has 0 radical (unpaired) electrons. The van der Waals surface area contributed by atoms with Crippen LogP contribution in [0.4, 0.5) is 0 Å². The van der Waals surface area contributed by atoms with Crippen molar-refractivity contribution in [3.63, 3.8) is 0 Å². The number of carbonyl (C=O) groups excluding carboxylic acids is 2. The molecule has 5 heteroatoms. The minimum absolute atomic E-state index is 0.0760. The first-order chi connectivity index (χ1) is 8.74. The molecule has 3 aromatic rings. The summed E-state index contributed by atoms with van der Waals surface area (Å²) in [6, 6.07) is 9.31. The molecule has 0 unspecified atom stereocenters. The van der Waals surface area contributed by atoms with E-state index in [9.17, 15) is 9.59 Å². The maximum atomic E-state index is 11.7. The van der Waals surface area contributed by atoms with E-state index in [1.807, 2.05) is 24.3 Å². The van der Waals surface area contributed by atoms with Crippen molar-refractivity contribution in [3.8, 4) is 0 Å². The Balaban J connectivity index is 2.19. The predicted octanol–water partition coefficient (Wildman–Crippen LogP) is 1.65. The predicted molar refractivity (Wildman–Crippen MR) is 63.8 cm³/mol. The Morgan fingerprint density at radius 3 is 2.78 bits per heavy atom. The zero-order valence-electron chi connectivity index (χ0n) is 9.25. The highest BCUT2D eigenvalue weighted by molar-refractivity contribution is 6.23. The van der Waals surface area contributed by atoms with Crippen LogP contribution in [0.15, 0.2) is 30.3 Å². The van der Waals surface area contributed by atoms with Gasteiger partial charge in [-0.2, -0.15) is 0 Å². The smallest absolute Gasteiger partial charge is 0.191 e. The topological polar surface area (TPSA) is 64.3 Å². The van der Waals surface area contributed by atoms with Crippen molar-refractivity contribution in [2.45, 2.75) is 6.42 Å². The minimum Gasteiger partial charge on any atom is -0.294 e. The highest BCUT2D eigenvalue weighted by Gasteiger charge is 2.30. The van der Waals surface area contributed by atoms with Crippen LogP contribution in [0.3, 0.4) is 0 Å². The van der Waals surface area contributed by atoms with Gasteiger partial charge in [-0.1, -0.05) is 18.2 Å². The molecule has 0 amide bonds. The number of Topliss-reactive ketones (excluding diaryl/α,β-unsaturated/α-hetero) is 2. The molecule has 0 atom stereocenters. The number of rotatable bonds is 0. The first-order valence-electron chi connectivity index (χ1n) is 5.59. The number of ketones is 2. The zero-order chi connectivity index (χ0) is 12.3. The summed E-state index contributed by atoms with van der Waals surface area (Å²) in [5.41, 5.74) is 2.21. The first kappa shape index (κ1) is 9.47. The molecule has 0 N–H and O–H groups in total. The molecule has 0 aliphatic heterocycles. The Morgan fingerprint density at radius 1 is 1.06 bits per heavy atom. The second-order valence-corrected chi connectivity index (χ2v) is 4.32. The lowest BCUT2D eigenvalue weighted by Gasteiger charge is -1.96. The summed E-state index contributed by atoms with van der Waals surface area (Å²) in [4.78, 5) is 23.3. The maximum Gasteiger partial charge on any atom is 0.191 e. The molecule has 4 rings (SSSR count). The van der Waals surface area contributed by atoms with E-state index in [4.69, 9.17) is 0 Å². The van der Waals surface area contributed by atoms with Gasteiger partial charge in [0, 0.05) is 5.39 Å². The third kappa shape index (κ3) is 1.05. The van der Waals surface area contributed by atoms with Crippen molar-refractivity contribution in [1.29, 1.82) is 0 Å². The standard InChI is InChI=1S/C13H7N3O2/c17-11-6-12(18)13-8(11)5-10-7-3-1-2-4-9(7)14-16(10)15-13/h1-5H,6H2. The van der Waals surface area contributed by atoms with Crippen LogP contribution in [0.2, 0.25) is 0 Å². The molecule has 0 fully saturated rings. The van der Waals surface area contributed by atoms with E-state index in [1.165, 1.54) is 4.63 Å². The summed E-state index contributed by atoms with van der Waals surface area (Å²) in [7, 11) is 0. The van der Waals surface area contributed by atoms with Crippen molar-refractivity contribution < 1.29 is 9.59 Å². The van der Waals surface area contributed by atoms with Gasteiger partial charge in [0.25, 0.3) is 0 Å². The average molecular weight is 237 g/mol. The third-order valence-electron chi connectivity index (χ3n) is 3.21. The van der Waals surface area contributed by atoms with E-state index in [0.717, 1.165) is 16.4 Å². The summed E-state index contributed by atoms with van der Waals surface area (Å²) in [6.45, 7) is 0. The van der Waals surface area contributed by atoms with Crippen LogP contribution in [0, 0.1) is 0 Å². The number of benzene rings is 1. The van der Waals surface area contributed by atoms with Crippen molar-refractivity contribution in [2.75, 3.05) is 0 Å². The lowest BCUT2D eigenvalue weighted by molar-refractivity contribution is 0.0921. The quantitative estimate of drug-likeness (QED) is 0.558. The number of hydrogen-bond acceptors (Lipinski definition) is 4. The van der Waals surface area contributed by atoms with Crippen molar-refractivity contribution in [3.05, 3.63) is 41.6 Å². The van der Waals surface area contributed by atoms with Crippen LogP contribution >= 0.6 is 0 Å². The number of hydrogen-bond donors (Lipinski definition) is 0. The second-order valence-electron chi connectivity index (χ2n) is 4.32.